The van der Waals surface area contributed by atoms with Gasteiger partial charge in [0.15, 0.2) is 5.75 Å². The highest BCUT2D eigenvalue weighted by molar-refractivity contribution is 9.10. The van der Waals surface area contributed by atoms with E-state index in [0.717, 1.165) is 12.1 Å². The van der Waals surface area contributed by atoms with Crippen molar-refractivity contribution in [3.8, 4) is 5.75 Å². The Morgan fingerprint density at radius 1 is 1.24 bits per heavy atom. The molecule has 0 saturated carbocycles. The van der Waals surface area contributed by atoms with Crippen LogP contribution in [0.25, 0.3) is 0 Å². The summed E-state index contributed by atoms with van der Waals surface area (Å²) in [5, 5.41) is 3.98. The summed E-state index contributed by atoms with van der Waals surface area (Å²) in [6.45, 7) is 6.23. The van der Waals surface area contributed by atoms with E-state index in [1.54, 1.807) is 0 Å². The average Bonchev–Trinajstić information content (AvgIpc) is 2.86. The van der Waals surface area contributed by atoms with E-state index >= 15 is 0 Å². The van der Waals surface area contributed by atoms with Crippen LogP contribution in [0, 0.1) is 0 Å². The van der Waals surface area contributed by atoms with Gasteiger partial charge in [-0.05, 0) is 18.2 Å². The van der Waals surface area contributed by atoms with Crippen LogP contribution in [0.2, 0.25) is 0 Å². The largest absolute Gasteiger partial charge is 0.573 e. The molecule has 142 valence electrons. The number of likely N-dealkylation sites (N-methyl/N-ethyl adjacent to an activating group) is 2. The Hall–Kier alpha value is -0.880. The minimum absolute atomic E-state index is 0.279. The number of benzene rings is 1. The summed E-state index contributed by atoms with van der Waals surface area (Å²) in [6, 6.07) is 2.99. The molecule has 25 heavy (non-hydrogen) atoms. The molecule has 1 aromatic carbocycles. The standard InChI is InChI=1S/C14H19BrF3N3O3S/c1-3-20-8-11(9-21(20)4-2)19-25(22,23)13-6-5-10(15)7-12(13)24-14(16,17)18/h5-7,11,19H,3-4,8-9H2,1-2H3. The van der Waals surface area contributed by atoms with Crippen LogP contribution in [0.15, 0.2) is 27.6 Å². The highest BCUT2D eigenvalue weighted by Crippen LogP contribution is 2.32. The molecular weight excluding hydrogens is 427 g/mol. The maximum Gasteiger partial charge on any atom is 0.573 e. The predicted octanol–water partition coefficient (Wildman–Crippen LogP) is 2.57. The molecule has 0 bridgehead atoms. The molecular formula is C14H19BrF3N3O3S. The van der Waals surface area contributed by atoms with E-state index in [9.17, 15) is 21.6 Å². The van der Waals surface area contributed by atoms with Gasteiger partial charge in [-0.2, -0.15) is 0 Å². The summed E-state index contributed by atoms with van der Waals surface area (Å²) in [5.74, 6) is -0.771. The zero-order chi connectivity index (χ0) is 18.8. The van der Waals surface area contributed by atoms with E-state index in [2.05, 4.69) is 25.4 Å². The summed E-state index contributed by atoms with van der Waals surface area (Å²) in [7, 11) is -4.18. The van der Waals surface area contributed by atoms with Crippen molar-refractivity contribution >= 4 is 26.0 Å². The average molecular weight is 446 g/mol. The smallest absolute Gasteiger partial charge is 0.404 e. The van der Waals surface area contributed by atoms with Crippen molar-refractivity contribution in [2.45, 2.75) is 31.1 Å². The third kappa shape index (κ3) is 5.30. The summed E-state index contributed by atoms with van der Waals surface area (Å²) >= 11 is 3.02. The van der Waals surface area contributed by atoms with Crippen molar-refractivity contribution in [1.29, 1.82) is 0 Å². The molecule has 1 heterocycles. The van der Waals surface area contributed by atoms with Gasteiger partial charge in [0.05, 0.1) is 6.04 Å². The van der Waals surface area contributed by atoms with Crippen molar-refractivity contribution in [2.75, 3.05) is 26.2 Å². The molecule has 0 amide bonds. The Bertz CT molecular complexity index is 703. The SMILES string of the molecule is CCN1CC(NS(=O)(=O)c2ccc(Br)cc2OC(F)(F)F)CN1CC. The summed E-state index contributed by atoms with van der Waals surface area (Å²) < 4.78 is 69.5. The van der Waals surface area contributed by atoms with Gasteiger partial charge in [0, 0.05) is 30.7 Å². The van der Waals surface area contributed by atoms with Crippen molar-refractivity contribution in [2.24, 2.45) is 0 Å². The number of rotatable bonds is 6. The second kappa shape index (κ2) is 7.78. The molecule has 6 nitrogen and oxygen atoms in total. The first kappa shape index (κ1) is 20.4. The number of hydrogen-bond acceptors (Lipinski definition) is 5. The van der Waals surface area contributed by atoms with Crippen LogP contribution in [0.4, 0.5) is 13.2 Å². The fourth-order valence-electron chi connectivity index (χ4n) is 2.72. The Morgan fingerprint density at radius 2 is 1.80 bits per heavy atom. The Kier molecular flexibility index (Phi) is 6.36. The number of alkyl halides is 3. The van der Waals surface area contributed by atoms with E-state index in [1.807, 2.05) is 23.9 Å². The third-order valence-electron chi connectivity index (χ3n) is 3.74. The number of nitrogens with zero attached hydrogens (tertiary/aromatic N) is 2. The van der Waals surface area contributed by atoms with Gasteiger partial charge in [0.1, 0.15) is 4.90 Å². The van der Waals surface area contributed by atoms with Crippen molar-refractivity contribution in [1.82, 2.24) is 14.7 Å². The first-order chi connectivity index (χ1) is 11.6. The lowest BCUT2D eigenvalue weighted by molar-refractivity contribution is -0.275. The van der Waals surface area contributed by atoms with Gasteiger partial charge >= 0.3 is 6.36 Å². The zero-order valence-electron chi connectivity index (χ0n) is 13.7. The van der Waals surface area contributed by atoms with Crippen LogP contribution in [0.3, 0.4) is 0 Å². The first-order valence-electron chi connectivity index (χ1n) is 7.63. The quantitative estimate of drug-likeness (QED) is 0.728. The molecule has 0 spiro atoms. The van der Waals surface area contributed by atoms with Crippen LogP contribution in [0.5, 0.6) is 5.75 Å². The van der Waals surface area contributed by atoms with E-state index in [1.165, 1.54) is 6.07 Å². The van der Waals surface area contributed by atoms with Crippen molar-refractivity contribution < 1.29 is 26.3 Å². The normalized spacial score (nSPS) is 18.0. The van der Waals surface area contributed by atoms with Crippen LogP contribution < -0.4 is 9.46 Å². The molecule has 1 fully saturated rings. The van der Waals surface area contributed by atoms with Gasteiger partial charge in [-0.25, -0.2) is 23.2 Å². The number of hydrazine groups is 1. The van der Waals surface area contributed by atoms with Crippen LogP contribution in [-0.2, 0) is 10.0 Å². The van der Waals surface area contributed by atoms with Crippen LogP contribution >= 0.6 is 15.9 Å². The maximum absolute atomic E-state index is 12.6. The van der Waals surface area contributed by atoms with Gasteiger partial charge in [-0.15, -0.1) is 13.2 Å². The highest BCUT2D eigenvalue weighted by atomic mass is 79.9. The van der Waals surface area contributed by atoms with Gasteiger partial charge in [-0.3, -0.25) is 0 Å². The van der Waals surface area contributed by atoms with E-state index < -0.39 is 33.1 Å². The van der Waals surface area contributed by atoms with Gasteiger partial charge in [-0.1, -0.05) is 29.8 Å². The lowest BCUT2D eigenvalue weighted by Crippen LogP contribution is -2.39. The number of hydrogen-bond donors (Lipinski definition) is 1. The number of sulfonamides is 1. The lowest BCUT2D eigenvalue weighted by Gasteiger charge is -2.24. The third-order valence-corrected chi connectivity index (χ3v) is 5.79. The molecule has 0 radical (unpaired) electrons. The highest BCUT2D eigenvalue weighted by Gasteiger charge is 2.36. The molecule has 1 saturated heterocycles. The molecule has 0 aliphatic carbocycles. The van der Waals surface area contributed by atoms with E-state index in [-0.39, 0.29) is 4.47 Å². The lowest BCUT2D eigenvalue weighted by atomic mass is 10.3. The van der Waals surface area contributed by atoms with Crippen molar-refractivity contribution in [3.05, 3.63) is 22.7 Å². The number of ether oxygens (including phenoxy) is 1. The zero-order valence-corrected chi connectivity index (χ0v) is 16.1. The second-order valence-electron chi connectivity index (χ2n) is 5.47. The maximum atomic E-state index is 12.6. The molecule has 0 aromatic heterocycles. The molecule has 1 aliphatic rings. The van der Waals surface area contributed by atoms with E-state index in [0.29, 0.717) is 26.2 Å². The van der Waals surface area contributed by atoms with Gasteiger partial charge in [0.2, 0.25) is 10.0 Å². The molecule has 1 aromatic rings. The van der Waals surface area contributed by atoms with Gasteiger partial charge in [0.25, 0.3) is 0 Å². The summed E-state index contributed by atoms with van der Waals surface area (Å²) in [4.78, 5) is -0.550. The molecule has 0 unspecified atom stereocenters. The number of nitrogens with one attached hydrogen (secondary N) is 1. The fourth-order valence-corrected chi connectivity index (χ4v) is 4.39. The topological polar surface area (TPSA) is 61.9 Å². The first-order valence-corrected chi connectivity index (χ1v) is 9.90. The monoisotopic (exact) mass is 445 g/mol. The summed E-state index contributed by atoms with van der Waals surface area (Å²) in [5.41, 5.74) is 0. The Labute approximate surface area is 153 Å². The van der Waals surface area contributed by atoms with Crippen molar-refractivity contribution in [3.63, 3.8) is 0 Å². The molecule has 11 heteroatoms. The minimum Gasteiger partial charge on any atom is -0.404 e. The summed E-state index contributed by atoms with van der Waals surface area (Å²) in [6.07, 6.45) is -4.99. The van der Waals surface area contributed by atoms with E-state index in [4.69, 9.17) is 0 Å². The van der Waals surface area contributed by atoms with Crippen LogP contribution in [-0.4, -0.2) is 57.0 Å². The second-order valence-corrected chi connectivity index (χ2v) is 8.07. The minimum atomic E-state index is -4.99. The molecule has 2 rings (SSSR count). The fraction of sp³-hybridized carbons (Fsp3) is 0.571. The van der Waals surface area contributed by atoms with Gasteiger partial charge < -0.3 is 4.74 Å². The molecule has 1 aliphatic heterocycles. The molecule has 0 atom stereocenters. The Balaban J connectivity index is 2.25. The predicted molar refractivity (Wildman–Crippen MR) is 89.4 cm³/mol. The Morgan fingerprint density at radius 3 is 2.28 bits per heavy atom. The molecule has 1 N–H and O–H groups in total. The number of halogens is 4. The van der Waals surface area contributed by atoms with Crippen LogP contribution in [0.1, 0.15) is 13.8 Å².